The molecule has 21 heavy (non-hydrogen) atoms. The van der Waals surface area contributed by atoms with Gasteiger partial charge in [-0.15, -0.1) is 0 Å². The van der Waals surface area contributed by atoms with Crippen molar-refractivity contribution in [3.05, 3.63) is 35.6 Å². The van der Waals surface area contributed by atoms with Crippen molar-refractivity contribution in [1.82, 2.24) is 5.32 Å². The van der Waals surface area contributed by atoms with Crippen LogP contribution in [0.3, 0.4) is 0 Å². The van der Waals surface area contributed by atoms with Gasteiger partial charge in [0, 0.05) is 5.92 Å². The molecule has 0 radical (unpaired) electrons. The highest BCUT2D eigenvalue weighted by Crippen LogP contribution is 2.20. The lowest BCUT2D eigenvalue weighted by atomic mass is 9.90. The summed E-state index contributed by atoms with van der Waals surface area (Å²) in [5.74, 6) is -0.149. The summed E-state index contributed by atoms with van der Waals surface area (Å²) in [4.78, 5) is 12.3. The van der Waals surface area contributed by atoms with Gasteiger partial charge in [-0.25, -0.2) is 4.39 Å². The van der Waals surface area contributed by atoms with Crippen molar-refractivity contribution in [1.29, 1.82) is 0 Å². The second-order valence-corrected chi connectivity index (χ2v) is 5.93. The Labute approximate surface area is 126 Å². The number of nitrogens with one attached hydrogen (secondary N) is 1. The zero-order chi connectivity index (χ0) is 16.0. The molecular weight excluding hydrogens is 269 g/mol. The Morgan fingerprint density at radius 3 is 2.29 bits per heavy atom. The molecule has 1 aromatic carbocycles. The molecule has 1 amide bonds. The van der Waals surface area contributed by atoms with Gasteiger partial charge in [0.05, 0.1) is 12.1 Å². The van der Waals surface area contributed by atoms with Crippen LogP contribution in [0.5, 0.6) is 0 Å². The third kappa shape index (κ3) is 5.12. The van der Waals surface area contributed by atoms with E-state index in [1.54, 1.807) is 6.92 Å². The number of carbonyl (C=O) groups is 1. The van der Waals surface area contributed by atoms with Gasteiger partial charge in [0.2, 0.25) is 5.91 Å². The van der Waals surface area contributed by atoms with Crippen molar-refractivity contribution in [3.63, 3.8) is 0 Å². The number of hydrogen-bond acceptors (Lipinski definition) is 2. The smallest absolute Gasteiger partial charge is 0.223 e. The Kier molecular flexibility index (Phi) is 6.82. The quantitative estimate of drug-likeness (QED) is 0.809. The van der Waals surface area contributed by atoms with Crippen LogP contribution in [0.4, 0.5) is 4.39 Å². The summed E-state index contributed by atoms with van der Waals surface area (Å²) in [7, 11) is 0. The van der Waals surface area contributed by atoms with E-state index >= 15 is 0 Å². The molecule has 0 heterocycles. The van der Waals surface area contributed by atoms with Crippen molar-refractivity contribution in [2.24, 2.45) is 11.8 Å². The fraction of sp³-hybridized carbons (Fsp3) is 0.588. The minimum Gasteiger partial charge on any atom is -0.386 e. The predicted octanol–water partition coefficient (Wildman–Crippen LogP) is 3.44. The molecule has 0 spiro atoms. The molecular formula is C17H26FNO2. The standard InChI is InChI=1S/C17H26FNO2/c1-5-6-15(11(2)3)17(21)19-12(4)16(20)13-7-9-14(18)10-8-13/h7-12,15-16,20H,5-6H2,1-4H3,(H,19,21). The Balaban J connectivity index is 2.68. The van der Waals surface area contributed by atoms with Gasteiger partial charge in [0.25, 0.3) is 0 Å². The average molecular weight is 295 g/mol. The molecule has 3 atom stereocenters. The first-order valence-electron chi connectivity index (χ1n) is 7.60. The summed E-state index contributed by atoms with van der Waals surface area (Å²) >= 11 is 0. The van der Waals surface area contributed by atoms with Crippen LogP contribution in [0.25, 0.3) is 0 Å². The van der Waals surface area contributed by atoms with E-state index in [1.165, 1.54) is 24.3 Å². The van der Waals surface area contributed by atoms with E-state index in [9.17, 15) is 14.3 Å². The number of aliphatic hydroxyl groups excluding tert-OH is 1. The van der Waals surface area contributed by atoms with Gasteiger partial charge < -0.3 is 10.4 Å². The average Bonchev–Trinajstić information content (AvgIpc) is 2.44. The summed E-state index contributed by atoms with van der Waals surface area (Å²) < 4.78 is 12.9. The predicted molar refractivity (Wildman–Crippen MR) is 82.2 cm³/mol. The maximum Gasteiger partial charge on any atom is 0.223 e. The van der Waals surface area contributed by atoms with Crippen LogP contribution in [0.1, 0.15) is 52.2 Å². The van der Waals surface area contributed by atoms with Crippen LogP contribution in [0.15, 0.2) is 24.3 Å². The highest BCUT2D eigenvalue weighted by molar-refractivity contribution is 5.79. The molecule has 0 aromatic heterocycles. The van der Waals surface area contributed by atoms with E-state index in [4.69, 9.17) is 0 Å². The Morgan fingerprint density at radius 1 is 1.24 bits per heavy atom. The molecule has 0 aliphatic heterocycles. The van der Waals surface area contributed by atoms with Crippen molar-refractivity contribution in [2.75, 3.05) is 0 Å². The summed E-state index contributed by atoms with van der Waals surface area (Å²) in [6, 6.07) is 5.27. The molecule has 0 saturated carbocycles. The van der Waals surface area contributed by atoms with Gasteiger partial charge in [-0.2, -0.15) is 0 Å². The van der Waals surface area contributed by atoms with Gasteiger partial charge >= 0.3 is 0 Å². The van der Waals surface area contributed by atoms with Crippen molar-refractivity contribution < 1.29 is 14.3 Å². The van der Waals surface area contributed by atoms with Crippen LogP contribution in [0.2, 0.25) is 0 Å². The topological polar surface area (TPSA) is 49.3 Å². The lowest BCUT2D eigenvalue weighted by molar-refractivity contribution is -0.128. The molecule has 0 fully saturated rings. The maximum atomic E-state index is 12.9. The third-order valence-electron chi connectivity index (χ3n) is 3.80. The van der Waals surface area contributed by atoms with Gasteiger partial charge in [0.15, 0.2) is 0 Å². The number of halogens is 1. The normalized spacial score (nSPS) is 15.6. The maximum absolute atomic E-state index is 12.9. The summed E-state index contributed by atoms with van der Waals surface area (Å²) in [6.45, 7) is 7.87. The molecule has 0 aliphatic rings. The first-order chi connectivity index (χ1) is 9.86. The van der Waals surface area contributed by atoms with E-state index in [-0.39, 0.29) is 23.6 Å². The second-order valence-electron chi connectivity index (χ2n) is 5.93. The summed E-state index contributed by atoms with van der Waals surface area (Å²) in [6.07, 6.45) is 0.942. The number of hydrogen-bond donors (Lipinski definition) is 2. The van der Waals surface area contributed by atoms with E-state index in [2.05, 4.69) is 12.2 Å². The number of benzene rings is 1. The minimum absolute atomic E-state index is 0.0273. The van der Waals surface area contributed by atoms with Crippen LogP contribution in [0, 0.1) is 17.7 Å². The number of aliphatic hydroxyl groups is 1. The lowest BCUT2D eigenvalue weighted by Gasteiger charge is -2.25. The molecule has 4 heteroatoms. The highest BCUT2D eigenvalue weighted by atomic mass is 19.1. The Hall–Kier alpha value is -1.42. The van der Waals surface area contributed by atoms with E-state index in [1.807, 2.05) is 13.8 Å². The zero-order valence-corrected chi connectivity index (χ0v) is 13.3. The van der Waals surface area contributed by atoms with Crippen LogP contribution >= 0.6 is 0 Å². The van der Waals surface area contributed by atoms with Crippen LogP contribution in [-0.4, -0.2) is 17.1 Å². The molecule has 118 valence electrons. The number of rotatable bonds is 7. The third-order valence-corrected chi connectivity index (χ3v) is 3.80. The van der Waals surface area contributed by atoms with Gasteiger partial charge in [-0.1, -0.05) is 39.3 Å². The fourth-order valence-electron chi connectivity index (χ4n) is 2.44. The number of carbonyl (C=O) groups excluding carboxylic acids is 1. The van der Waals surface area contributed by atoms with Crippen molar-refractivity contribution in [2.45, 2.75) is 52.7 Å². The van der Waals surface area contributed by atoms with Gasteiger partial charge in [-0.3, -0.25) is 4.79 Å². The molecule has 1 rings (SSSR count). The van der Waals surface area contributed by atoms with Crippen molar-refractivity contribution >= 4 is 5.91 Å². The molecule has 0 aliphatic carbocycles. The summed E-state index contributed by atoms with van der Waals surface area (Å²) in [5.41, 5.74) is 0.598. The largest absolute Gasteiger partial charge is 0.386 e. The first kappa shape index (κ1) is 17.6. The Morgan fingerprint density at radius 2 is 1.81 bits per heavy atom. The minimum atomic E-state index is -0.844. The first-order valence-corrected chi connectivity index (χ1v) is 7.60. The molecule has 2 N–H and O–H groups in total. The number of amides is 1. The second kappa shape index (κ2) is 8.13. The molecule has 1 aromatic rings. The van der Waals surface area contributed by atoms with E-state index < -0.39 is 12.1 Å². The molecule has 3 nitrogen and oxygen atoms in total. The molecule has 0 bridgehead atoms. The van der Waals surface area contributed by atoms with Crippen LogP contribution in [-0.2, 0) is 4.79 Å². The van der Waals surface area contributed by atoms with E-state index in [0.29, 0.717) is 5.56 Å². The van der Waals surface area contributed by atoms with E-state index in [0.717, 1.165) is 12.8 Å². The zero-order valence-electron chi connectivity index (χ0n) is 13.3. The molecule has 3 unspecified atom stereocenters. The highest BCUT2D eigenvalue weighted by Gasteiger charge is 2.25. The van der Waals surface area contributed by atoms with Gasteiger partial charge in [-0.05, 0) is 37.0 Å². The van der Waals surface area contributed by atoms with Crippen LogP contribution < -0.4 is 5.32 Å². The monoisotopic (exact) mass is 295 g/mol. The Bertz CT molecular complexity index is 445. The SMILES string of the molecule is CCCC(C(=O)NC(C)C(O)c1ccc(F)cc1)C(C)C. The molecule has 0 saturated heterocycles. The fourth-order valence-corrected chi connectivity index (χ4v) is 2.44. The van der Waals surface area contributed by atoms with Crippen molar-refractivity contribution in [3.8, 4) is 0 Å². The summed E-state index contributed by atoms with van der Waals surface area (Å²) in [5, 5.41) is 13.1. The lowest BCUT2D eigenvalue weighted by Crippen LogP contribution is -2.42. The van der Waals surface area contributed by atoms with Gasteiger partial charge in [0.1, 0.15) is 5.82 Å².